The maximum Gasteiger partial charge on any atom is 0.270 e. The number of hydrogen-bond acceptors (Lipinski definition) is 4. The fourth-order valence-corrected chi connectivity index (χ4v) is 4.79. The average Bonchev–Trinajstić information content (AvgIpc) is 3.47. The Morgan fingerprint density at radius 3 is 2.78 bits per heavy atom. The van der Waals surface area contributed by atoms with Gasteiger partial charge in [-0.3, -0.25) is 14.9 Å². The molecule has 6 heteroatoms. The summed E-state index contributed by atoms with van der Waals surface area (Å²) in [5, 5.41) is 16.5. The minimum atomic E-state index is -0.399. The van der Waals surface area contributed by atoms with Gasteiger partial charge in [0.1, 0.15) is 0 Å². The van der Waals surface area contributed by atoms with E-state index < -0.39 is 4.92 Å². The molecule has 32 heavy (non-hydrogen) atoms. The number of fused-ring (bicyclic) bond motifs is 1. The molecule has 2 unspecified atom stereocenters. The van der Waals surface area contributed by atoms with Gasteiger partial charge in [-0.15, -0.1) is 0 Å². The summed E-state index contributed by atoms with van der Waals surface area (Å²) in [5.74, 6) is -0.00678. The number of carbonyl (C=O) groups is 1. The quantitative estimate of drug-likeness (QED) is 0.394. The Hall–Kier alpha value is -3.41. The number of amides is 1. The van der Waals surface area contributed by atoms with Gasteiger partial charge in [0.2, 0.25) is 0 Å². The number of rotatable bonds is 6. The Labute approximate surface area is 188 Å². The molecule has 1 amide bonds. The lowest BCUT2D eigenvalue weighted by Gasteiger charge is -2.28. The molecule has 0 radical (unpaired) electrons. The van der Waals surface area contributed by atoms with E-state index in [9.17, 15) is 14.9 Å². The maximum atomic E-state index is 13.0. The van der Waals surface area contributed by atoms with Crippen molar-refractivity contribution in [3.05, 3.63) is 94.8 Å². The molecule has 2 aromatic carbocycles. The predicted octanol–water partition coefficient (Wildman–Crippen LogP) is 5.06. The van der Waals surface area contributed by atoms with E-state index in [-0.39, 0.29) is 23.1 Å². The molecule has 0 aromatic heterocycles. The van der Waals surface area contributed by atoms with Crippen LogP contribution < -0.4 is 5.32 Å². The van der Waals surface area contributed by atoms with Crippen molar-refractivity contribution in [1.29, 1.82) is 0 Å². The van der Waals surface area contributed by atoms with Gasteiger partial charge in [0.15, 0.2) is 0 Å². The monoisotopic (exact) mass is 431 g/mol. The van der Waals surface area contributed by atoms with Crippen LogP contribution in [0.15, 0.2) is 79.2 Å². The smallest absolute Gasteiger partial charge is 0.270 e. The second kappa shape index (κ2) is 9.39. The Kier molecular flexibility index (Phi) is 6.40. The summed E-state index contributed by atoms with van der Waals surface area (Å²) in [4.78, 5) is 25.9. The molecule has 1 aliphatic carbocycles. The van der Waals surface area contributed by atoms with Crippen LogP contribution in [0.1, 0.15) is 42.5 Å². The zero-order valence-corrected chi connectivity index (χ0v) is 18.2. The van der Waals surface area contributed by atoms with E-state index in [4.69, 9.17) is 0 Å². The van der Waals surface area contributed by atoms with Crippen LogP contribution in [0.4, 0.5) is 0 Å². The molecule has 1 aliphatic heterocycles. The second-order valence-corrected chi connectivity index (χ2v) is 8.76. The number of likely N-dealkylation sites (tertiary alicyclic amines) is 1. The molecular weight excluding hydrogens is 402 g/mol. The molecule has 1 saturated heterocycles. The van der Waals surface area contributed by atoms with Crippen molar-refractivity contribution in [2.24, 2.45) is 5.41 Å². The summed E-state index contributed by atoms with van der Waals surface area (Å²) < 4.78 is 0. The Morgan fingerprint density at radius 1 is 1.16 bits per heavy atom. The molecule has 2 atom stereocenters. The van der Waals surface area contributed by atoms with Gasteiger partial charge in [-0.05, 0) is 47.9 Å². The Morgan fingerprint density at radius 2 is 1.97 bits per heavy atom. The van der Waals surface area contributed by atoms with E-state index in [1.54, 1.807) is 6.08 Å². The van der Waals surface area contributed by atoms with Gasteiger partial charge in [-0.1, -0.05) is 55.5 Å². The van der Waals surface area contributed by atoms with Crippen molar-refractivity contribution in [2.45, 2.75) is 38.1 Å². The summed E-state index contributed by atoms with van der Waals surface area (Å²) >= 11 is 0. The highest BCUT2D eigenvalue weighted by molar-refractivity contribution is 6.07. The third kappa shape index (κ3) is 4.74. The lowest BCUT2D eigenvalue weighted by Crippen LogP contribution is -2.33. The van der Waals surface area contributed by atoms with E-state index in [1.165, 1.54) is 12.2 Å². The maximum absolute atomic E-state index is 13.0. The second-order valence-electron chi connectivity index (χ2n) is 8.76. The summed E-state index contributed by atoms with van der Waals surface area (Å²) in [5.41, 5.74) is 0.889. The molecule has 2 aliphatic rings. The van der Waals surface area contributed by atoms with E-state index in [2.05, 4.69) is 16.8 Å². The molecule has 1 spiro atoms. The SMILES string of the molecule is C=C/C=C(\C=C\N1CCCCC2(CC1)CC2NC(=O)c1cccc2ccccc12)[N+](=O)[O-]. The van der Waals surface area contributed by atoms with Crippen LogP contribution in [0.2, 0.25) is 0 Å². The molecule has 6 nitrogen and oxygen atoms in total. The summed E-state index contributed by atoms with van der Waals surface area (Å²) in [7, 11) is 0. The van der Waals surface area contributed by atoms with Gasteiger partial charge >= 0.3 is 0 Å². The van der Waals surface area contributed by atoms with E-state index >= 15 is 0 Å². The molecule has 166 valence electrons. The number of nitrogens with zero attached hydrogens (tertiary/aromatic N) is 2. The van der Waals surface area contributed by atoms with E-state index in [0.717, 1.165) is 61.5 Å². The normalized spacial score (nSPS) is 23.7. The zero-order chi connectivity index (χ0) is 22.6. The number of allylic oxidation sites excluding steroid dienone is 3. The molecular formula is C26H29N3O3. The minimum absolute atomic E-state index is 0.00678. The largest absolute Gasteiger partial charge is 0.377 e. The topological polar surface area (TPSA) is 75.5 Å². The highest BCUT2D eigenvalue weighted by Crippen LogP contribution is 2.53. The van der Waals surface area contributed by atoms with Crippen molar-refractivity contribution < 1.29 is 9.72 Å². The Balaban J connectivity index is 1.40. The first-order chi connectivity index (χ1) is 15.5. The first-order valence-corrected chi connectivity index (χ1v) is 11.2. The summed E-state index contributed by atoms with van der Waals surface area (Å²) in [6.07, 6.45) is 11.4. The van der Waals surface area contributed by atoms with E-state index in [1.807, 2.05) is 48.7 Å². The van der Waals surface area contributed by atoms with Gasteiger partial charge in [-0.2, -0.15) is 0 Å². The van der Waals surface area contributed by atoms with Crippen LogP contribution in [-0.2, 0) is 0 Å². The minimum Gasteiger partial charge on any atom is -0.377 e. The molecule has 0 bridgehead atoms. The third-order valence-corrected chi connectivity index (χ3v) is 6.75. The van der Waals surface area contributed by atoms with Crippen LogP contribution in [0, 0.1) is 15.5 Å². The van der Waals surface area contributed by atoms with Crippen molar-refractivity contribution >= 4 is 16.7 Å². The zero-order valence-electron chi connectivity index (χ0n) is 18.2. The van der Waals surface area contributed by atoms with Crippen molar-refractivity contribution in [2.75, 3.05) is 13.1 Å². The molecule has 1 heterocycles. The van der Waals surface area contributed by atoms with Crippen LogP contribution in [0.25, 0.3) is 10.8 Å². The van der Waals surface area contributed by atoms with Crippen molar-refractivity contribution in [3.63, 3.8) is 0 Å². The number of benzene rings is 2. The number of carbonyl (C=O) groups excluding carboxylic acids is 1. The highest BCUT2D eigenvalue weighted by Gasteiger charge is 2.54. The number of nitro groups is 1. The molecule has 1 N–H and O–H groups in total. The van der Waals surface area contributed by atoms with Gasteiger partial charge in [0.25, 0.3) is 11.6 Å². The van der Waals surface area contributed by atoms with E-state index in [0.29, 0.717) is 0 Å². The van der Waals surface area contributed by atoms with Crippen LogP contribution >= 0.6 is 0 Å². The fraction of sp³-hybridized carbons (Fsp3) is 0.346. The lowest BCUT2D eigenvalue weighted by atomic mass is 9.92. The predicted molar refractivity (Wildman–Crippen MR) is 127 cm³/mol. The lowest BCUT2D eigenvalue weighted by molar-refractivity contribution is -0.419. The average molecular weight is 432 g/mol. The molecule has 4 rings (SSSR count). The molecule has 2 aromatic rings. The van der Waals surface area contributed by atoms with Gasteiger partial charge in [-0.25, -0.2) is 0 Å². The van der Waals surface area contributed by atoms with Crippen molar-refractivity contribution in [3.8, 4) is 0 Å². The van der Waals surface area contributed by atoms with Crippen molar-refractivity contribution in [1.82, 2.24) is 10.2 Å². The first-order valence-electron chi connectivity index (χ1n) is 11.2. The third-order valence-electron chi connectivity index (χ3n) is 6.75. The summed E-state index contributed by atoms with van der Waals surface area (Å²) in [6, 6.07) is 14.0. The van der Waals surface area contributed by atoms with Gasteiger partial charge in [0.05, 0.1) is 4.92 Å². The highest BCUT2D eigenvalue weighted by atomic mass is 16.6. The van der Waals surface area contributed by atoms with Gasteiger partial charge in [0, 0.05) is 43.0 Å². The fourth-order valence-electron chi connectivity index (χ4n) is 4.79. The van der Waals surface area contributed by atoms with Crippen LogP contribution in [0.5, 0.6) is 0 Å². The first kappa shape index (κ1) is 21.8. The van der Waals surface area contributed by atoms with Crippen LogP contribution in [0.3, 0.4) is 0 Å². The molecule has 2 fully saturated rings. The standard InChI is InChI=1S/C26H29N3O3/c1-2-8-21(29(31)32)13-17-28-16-6-5-14-26(15-18-28)19-24(26)27-25(30)23-12-7-10-20-9-3-4-11-22(20)23/h2-4,7-13,17,24H,1,5-6,14-16,18-19H2,(H,27,30)/b17-13+,21-8+. The van der Waals surface area contributed by atoms with Crippen LogP contribution in [-0.4, -0.2) is 34.9 Å². The molecule has 1 saturated carbocycles. The van der Waals surface area contributed by atoms with Gasteiger partial charge < -0.3 is 10.2 Å². The summed E-state index contributed by atoms with van der Waals surface area (Å²) in [6.45, 7) is 5.26. The number of nitrogens with one attached hydrogen (secondary N) is 1. The Bertz CT molecular complexity index is 1090. The number of hydrogen-bond donors (Lipinski definition) is 1.